The first-order valence-corrected chi connectivity index (χ1v) is 10.9. The summed E-state index contributed by atoms with van der Waals surface area (Å²) in [6, 6.07) is 5.00. The van der Waals surface area contributed by atoms with Crippen LogP contribution in [0.25, 0.3) is 0 Å². The highest BCUT2D eigenvalue weighted by Crippen LogP contribution is 2.29. The standard InChI is InChI=1S/C22H31FN4O3/c1-17-20-14-19(23)3-2-18(20)4-5-27(17)16-22(29)25-8-6-24(7-9-25)15-21(28)26-10-12-30-13-11-26/h2-3,14,17H,4-13,15-16H2,1H3. The molecule has 0 aromatic heterocycles. The van der Waals surface area contributed by atoms with Gasteiger partial charge < -0.3 is 14.5 Å². The number of hydrogen-bond acceptors (Lipinski definition) is 5. The highest BCUT2D eigenvalue weighted by atomic mass is 19.1. The molecule has 0 aliphatic carbocycles. The van der Waals surface area contributed by atoms with Gasteiger partial charge in [-0.05, 0) is 36.6 Å². The number of rotatable bonds is 4. The first kappa shape index (κ1) is 21.2. The fourth-order valence-corrected chi connectivity index (χ4v) is 4.59. The number of amides is 2. The molecule has 0 N–H and O–H groups in total. The van der Waals surface area contributed by atoms with Crippen LogP contribution in [0, 0.1) is 5.82 Å². The van der Waals surface area contributed by atoms with Crippen LogP contribution in [0.3, 0.4) is 0 Å². The van der Waals surface area contributed by atoms with Gasteiger partial charge in [0.15, 0.2) is 0 Å². The van der Waals surface area contributed by atoms with Gasteiger partial charge in [0.1, 0.15) is 5.82 Å². The number of nitrogens with zero attached hydrogens (tertiary/aromatic N) is 4. The molecule has 4 rings (SSSR count). The van der Waals surface area contributed by atoms with E-state index in [1.54, 1.807) is 6.07 Å². The molecule has 1 atom stereocenters. The number of piperazine rings is 1. The number of morpholine rings is 1. The second-order valence-electron chi connectivity index (χ2n) is 8.39. The van der Waals surface area contributed by atoms with Crippen LogP contribution < -0.4 is 0 Å². The second kappa shape index (κ2) is 9.41. The minimum absolute atomic E-state index is 0.0285. The topological polar surface area (TPSA) is 56.3 Å². The molecule has 1 aromatic carbocycles. The Balaban J connectivity index is 1.25. The van der Waals surface area contributed by atoms with Crippen LogP contribution in [0.15, 0.2) is 18.2 Å². The van der Waals surface area contributed by atoms with Gasteiger partial charge in [0.25, 0.3) is 0 Å². The Hall–Kier alpha value is -2.03. The first-order valence-electron chi connectivity index (χ1n) is 10.9. The van der Waals surface area contributed by atoms with Gasteiger partial charge in [-0.25, -0.2) is 4.39 Å². The smallest absolute Gasteiger partial charge is 0.236 e. The van der Waals surface area contributed by atoms with E-state index in [1.165, 1.54) is 11.6 Å². The van der Waals surface area contributed by atoms with Crippen LogP contribution in [0.4, 0.5) is 4.39 Å². The van der Waals surface area contributed by atoms with E-state index in [2.05, 4.69) is 9.80 Å². The van der Waals surface area contributed by atoms with Crippen molar-refractivity contribution < 1.29 is 18.7 Å². The number of carbonyl (C=O) groups is 2. The molecule has 1 aromatic rings. The lowest BCUT2D eigenvalue weighted by atomic mass is 9.93. The maximum atomic E-state index is 13.7. The van der Waals surface area contributed by atoms with E-state index in [4.69, 9.17) is 4.74 Å². The molecule has 0 spiro atoms. The number of fused-ring (bicyclic) bond motifs is 1. The van der Waals surface area contributed by atoms with Gasteiger partial charge in [-0.1, -0.05) is 6.07 Å². The normalized spacial score (nSPS) is 23.3. The Labute approximate surface area is 177 Å². The monoisotopic (exact) mass is 418 g/mol. The summed E-state index contributed by atoms with van der Waals surface area (Å²) in [6.07, 6.45) is 0.838. The molecule has 3 aliphatic rings. The van der Waals surface area contributed by atoms with Crippen molar-refractivity contribution in [3.8, 4) is 0 Å². The van der Waals surface area contributed by atoms with Gasteiger partial charge in [-0.2, -0.15) is 0 Å². The molecule has 0 bridgehead atoms. The lowest BCUT2D eigenvalue weighted by Crippen LogP contribution is -2.54. The van der Waals surface area contributed by atoms with E-state index < -0.39 is 0 Å². The van der Waals surface area contributed by atoms with Crippen molar-refractivity contribution in [2.45, 2.75) is 19.4 Å². The van der Waals surface area contributed by atoms with Gasteiger partial charge in [-0.15, -0.1) is 0 Å². The molecule has 164 valence electrons. The van der Waals surface area contributed by atoms with E-state index >= 15 is 0 Å². The molecular weight excluding hydrogens is 387 g/mol. The maximum absolute atomic E-state index is 13.7. The van der Waals surface area contributed by atoms with Gasteiger partial charge in [0.05, 0.1) is 26.3 Å². The Kier molecular flexibility index (Phi) is 6.65. The zero-order chi connectivity index (χ0) is 21.1. The second-order valence-corrected chi connectivity index (χ2v) is 8.39. The number of ether oxygens (including phenoxy) is 1. The largest absolute Gasteiger partial charge is 0.378 e. The van der Waals surface area contributed by atoms with Crippen molar-refractivity contribution in [2.24, 2.45) is 0 Å². The minimum Gasteiger partial charge on any atom is -0.378 e. The first-order chi connectivity index (χ1) is 14.5. The average molecular weight is 419 g/mol. The van der Waals surface area contributed by atoms with Crippen molar-refractivity contribution in [2.75, 3.05) is 72.1 Å². The SMILES string of the molecule is CC1c2cc(F)ccc2CCN1CC(=O)N1CCN(CC(=O)N2CCOCC2)CC1. The number of halogens is 1. The molecule has 3 heterocycles. The van der Waals surface area contributed by atoms with E-state index in [0.717, 1.165) is 18.5 Å². The van der Waals surface area contributed by atoms with Crippen LogP contribution in [-0.4, -0.2) is 104 Å². The van der Waals surface area contributed by atoms with Gasteiger partial charge in [0.2, 0.25) is 11.8 Å². The van der Waals surface area contributed by atoms with E-state index in [9.17, 15) is 14.0 Å². The summed E-state index contributed by atoms with van der Waals surface area (Å²) in [7, 11) is 0. The van der Waals surface area contributed by atoms with Gasteiger partial charge >= 0.3 is 0 Å². The summed E-state index contributed by atoms with van der Waals surface area (Å²) in [5.41, 5.74) is 2.16. The molecule has 0 radical (unpaired) electrons. The molecule has 0 saturated carbocycles. The number of carbonyl (C=O) groups excluding carboxylic acids is 2. The number of hydrogen-bond donors (Lipinski definition) is 0. The highest BCUT2D eigenvalue weighted by molar-refractivity contribution is 5.79. The van der Waals surface area contributed by atoms with E-state index in [1.807, 2.05) is 22.8 Å². The fourth-order valence-electron chi connectivity index (χ4n) is 4.59. The fraction of sp³-hybridized carbons (Fsp3) is 0.636. The van der Waals surface area contributed by atoms with E-state index in [-0.39, 0.29) is 23.7 Å². The summed E-state index contributed by atoms with van der Waals surface area (Å²) in [5, 5.41) is 0. The molecular formula is C22H31FN4O3. The lowest BCUT2D eigenvalue weighted by molar-refractivity contribution is -0.138. The zero-order valence-electron chi connectivity index (χ0n) is 17.7. The number of benzene rings is 1. The quantitative estimate of drug-likeness (QED) is 0.722. The predicted octanol–water partition coefficient (Wildman–Crippen LogP) is 0.748. The third kappa shape index (κ3) is 4.82. The summed E-state index contributed by atoms with van der Waals surface area (Å²) < 4.78 is 19.0. The molecule has 1 unspecified atom stereocenters. The molecule has 30 heavy (non-hydrogen) atoms. The summed E-state index contributed by atoms with van der Waals surface area (Å²) in [6.45, 7) is 8.87. The molecule has 2 fully saturated rings. The Morgan fingerprint density at radius 1 is 0.967 bits per heavy atom. The molecule has 7 nitrogen and oxygen atoms in total. The summed E-state index contributed by atoms with van der Waals surface area (Å²) in [4.78, 5) is 33.3. The minimum atomic E-state index is -0.225. The van der Waals surface area contributed by atoms with Crippen molar-refractivity contribution in [3.05, 3.63) is 35.1 Å². The van der Waals surface area contributed by atoms with Crippen molar-refractivity contribution in [1.29, 1.82) is 0 Å². The third-order valence-electron chi connectivity index (χ3n) is 6.56. The summed E-state index contributed by atoms with van der Waals surface area (Å²) in [5.74, 6) is 0.0310. The van der Waals surface area contributed by atoms with Gasteiger partial charge in [-0.3, -0.25) is 19.4 Å². The van der Waals surface area contributed by atoms with Crippen LogP contribution in [-0.2, 0) is 20.7 Å². The average Bonchev–Trinajstić information content (AvgIpc) is 2.77. The van der Waals surface area contributed by atoms with Crippen LogP contribution >= 0.6 is 0 Å². The lowest BCUT2D eigenvalue weighted by Gasteiger charge is -2.39. The Morgan fingerprint density at radius 2 is 1.63 bits per heavy atom. The van der Waals surface area contributed by atoms with E-state index in [0.29, 0.717) is 65.6 Å². The van der Waals surface area contributed by atoms with Crippen LogP contribution in [0.2, 0.25) is 0 Å². The van der Waals surface area contributed by atoms with Crippen molar-refractivity contribution >= 4 is 11.8 Å². The van der Waals surface area contributed by atoms with Crippen LogP contribution in [0.1, 0.15) is 24.1 Å². The third-order valence-corrected chi connectivity index (χ3v) is 6.56. The zero-order valence-corrected chi connectivity index (χ0v) is 17.7. The Bertz CT molecular complexity index is 776. The Morgan fingerprint density at radius 3 is 2.37 bits per heavy atom. The van der Waals surface area contributed by atoms with Crippen molar-refractivity contribution in [1.82, 2.24) is 19.6 Å². The molecule has 2 saturated heterocycles. The molecule has 3 aliphatic heterocycles. The molecule has 8 heteroatoms. The van der Waals surface area contributed by atoms with Gasteiger partial charge in [0, 0.05) is 51.9 Å². The van der Waals surface area contributed by atoms with Crippen LogP contribution in [0.5, 0.6) is 0 Å². The molecule has 2 amide bonds. The van der Waals surface area contributed by atoms with Crippen molar-refractivity contribution in [3.63, 3.8) is 0 Å². The summed E-state index contributed by atoms with van der Waals surface area (Å²) >= 11 is 0. The highest BCUT2D eigenvalue weighted by Gasteiger charge is 2.29. The maximum Gasteiger partial charge on any atom is 0.236 e. The predicted molar refractivity (Wildman–Crippen MR) is 111 cm³/mol.